The van der Waals surface area contributed by atoms with Crippen LogP contribution in [-0.2, 0) is 9.47 Å². The van der Waals surface area contributed by atoms with Crippen LogP contribution in [0.5, 0.6) is 0 Å². The van der Waals surface area contributed by atoms with Crippen LogP contribution in [0.25, 0.3) is 33.5 Å². The number of nitrogens with zero attached hydrogens (tertiary/aromatic N) is 5. The zero-order valence-electron chi connectivity index (χ0n) is 16.6. The van der Waals surface area contributed by atoms with Crippen molar-refractivity contribution in [1.29, 1.82) is 0 Å². The molecule has 0 radical (unpaired) electrons. The smallest absolute Gasteiger partial charge is 0.229 e. The van der Waals surface area contributed by atoms with Crippen molar-refractivity contribution >= 4 is 33.8 Å². The molecule has 2 fully saturated rings. The highest BCUT2D eigenvalue weighted by Gasteiger charge is 2.23. The topological polar surface area (TPSA) is 95.2 Å². The fraction of sp³-hybridized carbons (Fsp3) is 0.381. The molecule has 9 nitrogen and oxygen atoms in total. The lowest BCUT2D eigenvalue weighted by Crippen LogP contribution is -2.39. The summed E-state index contributed by atoms with van der Waals surface area (Å²) >= 11 is 0. The van der Waals surface area contributed by atoms with Gasteiger partial charge in [0.2, 0.25) is 5.95 Å². The van der Waals surface area contributed by atoms with Crippen molar-refractivity contribution in [2.24, 2.45) is 0 Å². The van der Waals surface area contributed by atoms with Gasteiger partial charge in [-0.05, 0) is 12.1 Å². The van der Waals surface area contributed by atoms with Crippen LogP contribution < -0.4 is 9.80 Å². The SMILES string of the molecule is c1cc(-c2nc3nc(N4CCOCC4)nc(N4CCOCC4)c3[nH]2)c2cc[nH]c2c1. The molecule has 4 aromatic rings. The molecule has 0 atom stereocenters. The standard InChI is InChI=1S/C21H23N7O2/c1-2-15(14-4-5-22-16(14)3-1)18-23-17-19(24-18)25-21(28-8-12-30-13-9-28)26-20(17)27-6-10-29-11-7-27/h1-5,22H,6-13H2,(H,23,24,25,26). The van der Waals surface area contributed by atoms with Crippen LogP contribution in [0.2, 0.25) is 0 Å². The Labute approximate surface area is 173 Å². The highest BCUT2D eigenvalue weighted by molar-refractivity contribution is 5.96. The molecule has 6 rings (SSSR count). The van der Waals surface area contributed by atoms with E-state index in [1.165, 1.54) is 0 Å². The van der Waals surface area contributed by atoms with E-state index in [1.807, 2.05) is 12.3 Å². The van der Waals surface area contributed by atoms with Crippen molar-refractivity contribution in [3.63, 3.8) is 0 Å². The van der Waals surface area contributed by atoms with E-state index in [1.54, 1.807) is 0 Å². The van der Waals surface area contributed by atoms with E-state index in [0.29, 0.717) is 38.0 Å². The lowest BCUT2D eigenvalue weighted by molar-refractivity contribution is 0.121. The number of hydrogen-bond donors (Lipinski definition) is 2. The predicted octanol–water partition coefficient (Wildman–Crippen LogP) is 2.17. The summed E-state index contributed by atoms with van der Waals surface area (Å²) in [7, 11) is 0. The third kappa shape index (κ3) is 2.98. The zero-order valence-corrected chi connectivity index (χ0v) is 16.6. The molecule has 0 unspecified atom stereocenters. The number of nitrogens with one attached hydrogen (secondary N) is 2. The molecule has 2 aliphatic rings. The Kier molecular flexibility index (Phi) is 4.28. The first-order valence-corrected chi connectivity index (χ1v) is 10.4. The number of aromatic amines is 2. The van der Waals surface area contributed by atoms with Gasteiger partial charge in [-0.15, -0.1) is 0 Å². The molecule has 2 saturated heterocycles. The van der Waals surface area contributed by atoms with Crippen LogP contribution in [0.15, 0.2) is 30.5 Å². The highest BCUT2D eigenvalue weighted by Crippen LogP contribution is 2.31. The zero-order chi connectivity index (χ0) is 19.9. The van der Waals surface area contributed by atoms with Crippen LogP contribution in [-0.4, -0.2) is 77.5 Å². The summed E-state index contributed by atoms with van der Waals surface area (Å²) in [5.74, 6) is 2.41. The van der Waals surface area contributed by atoms with Gasteiger partial charge in [0.15, 0.2) is 11.5 Å². The number of H-pyrrole nitrogens is 2. The van der Waals surface area contributed by atoms with Gasteiger partial charge in [0.1, 0.15) is 11.3 Å². The average Bonchev–Trinajstić information content (AvgIpc) is 3.46. The maximum absolute atomic E-state index is 5.55. The highest BCUT2D eigenvalue weighted by atomic mass is 16.5. The number of hydrogen-bond acceptors (Lipinski definition) is 7. The molecule has 30 heavy (non-hydrogen) atoms. The minimum absolute atomic E-state index is 0.690. The molecule has 5 heterocycles. The average molecular weight is 405 g/mol. The Morgan fingerprint density at radius 2 is 1.60 bits per heavy atom. The number of aromatic nitrogens is 5. The largest absolute Gasteiger partial charge is 0.378 e. The molecule has 0 saturated carbocycles. The van der Waals surface area contributed by atoms with E-state index in [2.05, 4.69) is 38.0 Å². The Balaban J connectivity index is 1.51. The minimum atomic E-state index is 0.690. The van der Waals surface area contributed by atoms with Crippen LogP contribution >= 0.6 is 0 Å². The summed E-state index contributed by atoms with van der Waals surface area (Å²) in [5.41, 5.74) is 3.70. The fourth-order valence-electron chi connectivity index (χ4n) is 4.20. The van der Waals surface area contributed by atoms with Crippen molar-refractivity contribution in [2.75, 3.05) is 62.4 Å². The molecular weight excluding hydrogens is 382 g/mol. The maximum Gasteiger partial charge on any atom is 0.229 e. The molecule has 0 spiro atoms. The van der Waals surface area contributed by atoms with Gasteiger partial charge >= 0.3 is 0 Å². The van der Waals surface area contributed by atoms with Gasteiger partial charge in [-0.3, -0.25) is 0 Å². The predicted molar refractivity (Wildman–Crippen MR) is 115 cm³/mol. The fourth-order valence-corrected chi connectivity index (χ4v) is 4.20. The summed E-state index contributed by atoms with van der Waals surface area (Å²) in [4.78, 5) is 25.9. The van der Waals surface area contributed by atoms with Crippen molar-refractivity contribution in [2.45, 2.75) is 0 Å². The second kappa shape index (κ2) is 7.26. The van der Waals surface area contributed by atoms with Gasteiger partial charge < -0.3 is 29.2 Å². The third-order valence-electron chi connectivity index (χ3n) is 5.77. The van der Waals surface area contributed by atoms with Gasteiger partial charge in [0.25, 0.3) is 0 Å². The van der Waals surface area contributed by atoms with Gasteiger partial charge in [-0.25, -0.2) is 4.98 Å². The van der Waals surface area contributed by atoms with Gasteiger partial charge in [0.05, 0.1) is 26.4 Å². The number of anilines is 2. The monoisotopic (exact) mass is 405 g/mol. The lowest BCUT2D eigenvalue weighted by Gasteiger charge is -2.30. The number of morpholine rings is 2. The summed E-state index contributed by atoms with van der Waals surface area (Å²) in [6.45, 7) is 5.95. The van der Waals surface area contributed by atoms with Crippen LogP contribution in [0.1, 0.15) is 0 Å². The second-order valence-corrected chi connectivity index (χ2v) is 7.57. The quantitative estimate of drug-likeness (QED) is 0.539. The maximum atomic E-state index is 5.55. The van der Waals surface area contributed by atoms with Crippen LogP contribution in [0.3, 0.4) is 0 Å². The number of imidazole rings is 1. The molecule has 0 aliphatic carbocycles. The first-order chi connectivity index (χ1) is 14.9. The van der Waals surface area contributed by atoms with Gasteiger partial charge in [0, 0.05) is 48.8 Å². The first-order valence-electron chi connectivity index (χ1n) is 10.4. The molecule has 0 bridgehead atoms. The Bertz CT molecular complexity index is 1190. The number of fused-ring (bicyclic) bond motifs is 2. The third-order valence-corrected chi connectivity index (χ3v) is 5.77. The number of ether oxygens (including phenoxy) is 2. The van der Waals surface area contributed by atoms with Crippen molar-refractivity contribution in [3.05, 3.63) is 30.5 Å². The van der Waals surface area contributed by atoms with E-state index < -0.39 is 0 Å². The van der Waals surface area contributed by atoms with E-state index in [-0.39, 0.29) is 0 Å². The molecule has 1 aromatic carbocycles. The normalized spacial score (nSPS) is 17.9. The van der Waals surface area contributed by atoms with Crippen LogP contribution in [0.4, 0.5) is 11.8 Å². The van der Waals surface area contributed by atoms with Gasteiger partial charge in [-0.1, -0.05) is 12.1 Å². The lowest BCUT2D eigenvalue weighted by atomic mass is 10.1. The summed E-state index contributed by atoms with van der Waals surface area (Å²) in [5, 5.41) is 1.13. The molecule has 2 aliphatic heterocycles. The summed E-state index contributed by atoms with van der Waals surface area (Å²) in [6.07, 6.45) is 1.95. The van der Waals surface area contributed by atoms with E-state index in [4.69, 9.17) is 24.4 Å². The number of benzene rings is 1. The Hall–Kier alpha value is -3.17. The molecule has 3 aromatic heterocycles. The van der Waals surface area contributed by atoms with Gasteiger partial charge in [-0.2, -0.15) is 9.97 Å². The number of rotatable bonds is 3. The Morgan fingerprint density at radius 1 is 0.833 bits per heavy atom. The molecular formula is C21H23N7O2. The molecule has 0 amide bonds. The first kappa shape index (κ1) is 17.7. The van der Waals surface area contributed by atoms with E-state index >= 15 is 0 Å². The summed E-state index contributed by atoms with van der Waals surface area (Å²) < 4.78 is 11.1. The molecule has 2 N–H and O–H groups in total. The second-order valence-electron chi connectivity index (χ2n) is 7.57. The van der Waals surface area contributed by atoms with Crippen LogP contribution in [0, 0.1) is 0 Å². The van der Waals surface area contributed by atoms with E-state index in [9.17, 15) is 0 Å². The minimum Gasteiger partial charge on any atom is -0.378 e. The molecule has 154 valence electrons. The van der Waals surface area contributed by atoms with E-state index in [0.717, 1.165) is 59.8 Å². The van der Waals surface area contributed by atoms with Crippen molar-refractivity contribution in [1.82, 2.24) is 24.9 Å². The Morgan fingerprint density at radius 3 is 2.40 bits per heavy atom. The summed E-state index contributed by atoms with van der Waals surface area (Å²) in [6, 6.07) is 8.26. The van der Waals surface area contributed by atoms with Crippen molar-refractivity contribution in [3.8, 4) is 11.4 Å². The molecule has 9 heteroatoms. The van der Waals surface area contributed by atoms with Crippen molar-refractivity contribution < 1.29 is 9.47 Å².